The van der Waals surface area contributed by atoms with Crippen LogP contribution in [0.15, 0.2) is 94.5 Å². The predicted molar refractivity (Wildman–Crippen MR) is 126 cm³/mol. The second-order valence-corrected chi connectivity index (χ2v) is 8.19. The van der Waals surface area contributed by atoms with Gasteiger partial charge in [0.1, 0.15) is 11.6 Å². The van der Waals surface area contributed by atoms with Crippen LogP contribution < -0.4 is 4.74 Å². The molecule has 0 aliphatic heterocycles. The molecule has 0 aliphatic carbocycles. The number of aromatic nitrogens is 5. The summed E-state index contributed by atoms with van der Waals surface area (Å²) in [6, 6.07) is 27.9. The minimum absolute atomic E-state index is 0.475. The molecule has 8 heteroatoms. The summed E-state index contributed by atoms with van der Waals surface area (Å²) < 4.78 is 13.2. The van der Waals surface area contributed by atoms with Gasteiger partial charge in [-0.2, -0.15) is 0 Å². The highest BCUT2D eigenvalue weighted by atomic mass is 32.2. The van der Waals surface area contributed by atoms with Gasteiger partial charge in [-0.05, 0) is 42.0 Å². The van der Waals surface area contributed by atoms with Gasteiger partial charge in [-0.25, -0.2) is 0 Å². The van der Waals surface area contributed by atoms with Crippen LogP contribution in [0.2, 0.25) is 0 Å². The quantitative estimate of drug-likeness (QED) is 0.297. The van der Waals surface area contributed by atoms with Crippen LogP contribution in [0, 0.1) is 0 Å². The zero-order valence-corrected chi connectivity index (χ0v) is 18.8. The maximum Gasteiger partial charge on any atom is 0.247 e. The van der Waals surface area contributed by atoms with Gasteiger partial charge in [-0.15, -0.1) is 20.4 Å². The lowest BCUT2D eigenvalue weighted by atomic mass is 10.1. The number of ether oxygens (including phenoxy) is 1. The molecule has 0 radical (unpaired) electrons. The normalized spacial score (nSPS) is 10.9. The first-order valence-corrected chi connectivity index (χ1v) is 11.4. The molecule has 5 rings (SSSR count). The third-order valence-corrected chi connectivity index (χ3v) is 5.96. The van der Waals surface area contributed by atoms with E-state index in [9.17, 15) is 0 Å². The molecule has 7 nitrogen and oxygen atoms in total. The van der Waals surface area contributed by atoms with Crippen molar-refractivity contribution in [3.8, 4) is 22.9 Å². The number of methoxy groups -OCH3 is 1. The zero-order chi connectivity index (χ0) is 22.5. The van der Waals surface area contributed by atoms with E-state index in [0.717, 1.165) is 28.0 Å². The fraction of sp³-hybridized carbons (Fsp3) is 0.120. The SMILES string of the molecule is COc1ccc(-c2nnc(CSc3nnc(Cc4ccccc4)n3-c3ccccc3)o2)cc1. The van der Waals surface area contributed by atoms with Crippen LogP contribution in [0.25, 0.3) is 17.1 Å². The molecule has 0 saturated heterocycles. The molecule has 0 atom stereocenters. The number of hydrogen-bond acceptors (Lipinski definition) is 7. The maximum atomic E-state index is 5.87. The van der Waals surface area contributed by atoms with Crippen molar-refractivity contribution in [3.63, 3.8) is 0 Å². The zero-order valence-electron chi connectivity index (χ0n) is 18.0. The number of rotatable bonds is 8. The van der Waals surface area contributed by atoms with Crippen molar-refractivity contribution < 1.29 is 9.15 Å². The van der Waals surface area contributed by atoms with Crippen molar-refractivity contribution in [3.05, 3.63) is 102 Å². The molecule has 0 bridgehead atoms. The molecule has 2 heterocycles. The Hall–Kier alpha value is -3.91. The van der Waals surface area contributed by atoms with E-state index in [1.165, 1.54) is 17.3 Å². The molecule has 0 amide bonds. The average Bonchev–Trinajstić information content (AvgIpc) is 3.51. The summed E-state index contributed by atoms with van der Waals surface area (Å²) in [5.41, 5.74) is 3.04. The summed E-state index contributed by atoms with van der Waals surface area (Å²) in [5, 5.41) is 18.1. The molecular formula is C25H21N5O2S. The Bertz CT molecular complexity index is 1320. The summed E-state index contributed by atoms with van der Waals surface area (Å²) in [5.74, 6) is 3.14. The lowest BCUT2D eigenvalue weighted by Crippen LogP contribution is -2.03. The van der Waals surface area contributed by atoms with Crippen LogP contribution in [-0.4, -0.2) is 32.1 Å². The fourth-order valence-electron chi connectivity index (χ4n) is 3.41. The summed E-state index contributed by atoms with van der Waals surface area (Å²) in [4.78, 5) is 0. The van der Waals surface area contributed by atoms with Crippen LogP contribution in [0.3, 0.4) is 0 Å². The predicted octanol–water partition coefficient (Wildman–Crippen LogP) is 5.21. The fourth-order valence-corrected chi connectivity index (χ4v) is 4.22. The van der Waals surface area contributed by atoms with Crippen molar-refractivity contribution in [1.82, 2.24) is 25.0 Å². The van der Waals surface area contributed by atoms with E-state index in [4.69, 9.17) is 9.15 Å². The Morgan fingerprint density at radius 2 is 1.55 bits per heavy atom. The molecule has 0 N–H and O–H groups in total. The van der Waals surface area contributed by atoms with Crippen molar-refractivity contribution >= 4 is 11.8 Å². The number of thioether (sulfide) groups is 1. The number of hydrogen-bond donors (Lipinski definition) is 0. The number of nitrogens with zero attached hydrogens (tertiary/aromatic N) is 5. The van der Waals surface area contributed by atoms with Gasteiger partial charge in [0.25, 0.3) is 0 Å². The second kappa shape index (κ2) is 9.70. The number of para-hydroxylation sites is 1. The highest BCUT2D eigenvalue weighted by Gasteiger charge is 2.17. The number of benzene rings is 3. The van der Waals surface area contributed by atoms with Crippen molar-refractivity contribution in [2.75, 3.05) is 7.11 Å². The molecule has 0 unspecified atom stereocenters. The average molecular weight is 456 g/mol. The molecule has 5 aromatic rings. The minimum atomic E-state index is 0.475. The standard InChI is InChI=1S/C25H21N5O2S/c1-31-21-14-12-19(13-15-21)24-28-27-23(32-24)17-33-25-29-26-22(16-18-8-4-2-5-9-18)30(25)20-10-6-3-7-11-20/h2-15H,16-17H2,1H3. The Balaban J connectivity index is 1.37. The van der Waals surface area contributed by atoms with Crippen LogP contribution >= 0.6 is 11.8 Å². The first-order valence-electron chi connectivity index (χ1n) is 10.4. The third kappa shape index (κ3) is 4.80. The van der Waals surface area contributed by atoms with Gasteiger partial charge in [0.2, 0.25) is 11.8 Å². The highest BCUT2D eigenvalue weighted by Crippen LogP contribution is 2.27. The maximum absolute atomic E-state index is 5.87. The lowest BCUT2D eigenvalue weighted by molar-refractivity contribution is 0.415. The summed E-state index contributed by atoms with van der Waals surface area (Å²) in [7, 11) is 1.64. The molecule has 0 fully saturated rings. The molecular weight excluding hydrogens is 434 g/mol. The van der Waals surface area contributed by atoms with E-state index in [2.05, 4.69) is 49.2 Å². The van der Waals surface area contributed by atoms with Crippen LogP contribution in [0.5, 0.6) is 5.75 Å². The Morgan fingerprint density at radius 1 is 0.818 bits per heavy atom. The molecule has 33 heavy (non-hydrogen) atoms. The van der Waals surface area contributed by atoms with Crippen molar-refractivity contribution in [2.24, 2.45) is 0 Å². The van der Waals surface area contributed by atoms with Crippen molar-refractivity contribution in [2.45, 2.75) is 17.3 Å². The first-order chi connectivity index (χ1) is 16.3. The topological polar surface area (TPSA) is 78.9 Å². The van der Waals surface area contributed by atoms with E-state index in [1.807, 2.05) is 60.7 Å². The van der Waals surface area contributed by atoms with Gasteiger partial charge >= 0.3 is 0 Å². The Labute approximate surface area is 195 Å². The van der Waals surface area contributed by atoms with Crippen molar-refractivity contribution in [1.29, 1.82) is 0 Å². The largest absolute Gasteiger partial charge is 0.497 e. The molecule has 0 saturated carbocycles. The smallest absolute Gasteiger partial charge is 0.247 e. The van der Waals surface area contributed by atoms with Crippen LogP contribution in [-0.2, 0) is 12.2 Å². The van der Waals surface area contributed by atoms with Gasteiger partial charge in [-0.1, -0.05) is 60.3 Å². The van der Waals surface area contributed by atoms with E-state index in [0.29, 0.717) is 24.0 Å². The molecule has 0 aliphatic rings. The van der Waals surface area contributed by atoms with Gasteiger partial charge in [0.05, 0.1) is 12.9 Å². The summed E-state index contributed by atoms with van der Waals surface area (Å²) in [6.45, 7) is 0. The minimum Gasteiger partial charge on any atom is -0.497 e. The second-order valence-electron chi connectivity index (χ2n) is 7.25. The summed E-state index contributed by atoms with van der Waals surface area (Å²) >= 11 is 1.51. The molecule has 3 aromatic carbocycles. The Kier molecular flexibility index (Phi) is 6.16. The molecule has 2 aromatic heterocycles. The van der Waals surface area contributed by atoms with Crippen LogP contribution in [0.1, 0.15) is 17.3 Å². The lowest BCUT2D eigenvalue weighted by Gasteiger charge is -2.09. The van der Waals surface area contributed by atoms with E-state index >= 15 is 0 Å². The van der Waals surface area contributed by atoms with E-state index < -0.39 is 0 Å². The molecule has 0 spiro atoms. The summed E-state index contributed by atoms with van der Waals surface area (Å²) in [6.07, 6.45) is 0.686. The van der Waals surface area contributed by atoms with Gasteiger partial charge in [0, 0.05) is 17.7 Å². The molecule has 164 valence electrons. The first kappa shape index (κ1) is 21.0. The Morgan fingerprint density at radius 3 is 2.27 bits per heavy atom. The monoisotopic (exact) mass is 455 g/mol. The highest BCUT2D eigenvalue weighted by molar-refractivity contribution is 7.98. The van der Waals surface area contributed by atoms with E-state index in [1.54, 1.807) is 7.11 Å². The van der Waals surface area contributed by atoms with Gasteiger partial charge in [0.15, 0.2) is 5.16 Å². The van der Waals surface area contributed by atoms with Gasteiger partial charge in [-0.3, -0.25) is 4.57 Å². The van der Waals surface area contributed by atoms with E-state index in [-0.39, 0.29) is 0 Å². The third-order valence-electron chi connectivity index (χ3n) is 5.05. The van der Waals surface area contributed by atoms with Crippen LogP contribution in [0.4, 0.5) is 0 Å². The van der Waals surface area contributed by atoms with Gasteiger partial charge < -0.3 is 9.15 Å².